The second-order valence-corrected chi connectivity index (χ2v) is 4.73. The third-order valence-corrected chi connectivity index (χ3v) is 2.36. The van der Waals surface area contributed by atoms with Crippen molar-refractivity contribution in [2.24, 2.45) is 10.7 Å². The molecule has 1 aromatic carbocycles. The third kappa shape index (κ3) is 6.45. The molecule has 0 saturated carbocycles. The number of carbonyl (C=O) groups excluding carboxylic acids is 1. The summed E-state index contributed by atoms with van der Waals surface area (Å²) in [5.74, 6) is 0.310. The van der Waals surface area contributed by atoms with Gasteiger partial charge in [-0.1, -0.05) is 12.1 Å². The van der Waals surface area contributed by atoms with Gasteiger partial charge in [0.05, 0.1) is 6.54 Å². The van der Waals surface area contributed by atoms with E-state index in [1.54, 1.807) is 0 Å². The lowest BCUT2D eigenvalue weighted by Gasteiger charge is -2.08. The smallest absolute Gasteiger partial charge is 0.222 e. The fourth-order valence-electron chi connectivity index (χ4n) is 1.58. The van der Waals surface area contributed by atoms with Crippen molar-refractivity contribution in [3.8, 4) is 0 Å². The summed E-state index contributed by atoms with van der Waals surface area (Å²) < 4.78 is 0. The Morgan fingerprint density at radius 3 is 2.79 bits per heavy atom. The molecule has 4 N–H and O–H groups in total. The van der Waals surface area contributed by atoms with Crippen LogP contribution in [0.25, 0.3) is 0 Å². The molecule has 1 rings (SSSR count). The SMILES string of the molecule is Cc1cccc(NC(N)=NCCC(=O)NC(C)C)c1. The van der Waals surface area contributed by atoms with Crippen LogP contribution in [0.15, 0.2) is 29.3 Å². The van der Waals surface area contributed by atoms with Crippen LogP contribution in [0.5, 0.6) is 0 Å². The summed E-state index contributed by atoms with van der Waals surface area (Å²) in [7, 11) is 0. The Kier molecular flexibility index (Phi) is 5.85. The number of rotatable bonds is 5. The number of amides is 1. The van der Waals surface area contributed by atoms with E-state index in [1.807, 2.05) is 45.0 Å². The summed E-state index contributed by atoms with van der Waals surface area (Å²) in [5, 5.41) is 5.80. The molecule has 0 atom stereocenters. The van der Waals surface area contributed by atoms with E-state index in [4.69, 9.17) is 5.73 Å². The van der Waals surface area contributed by atoms with Gasteiger partial charge in [0.15, 0.2) is 5.96 Å². The molecule has 0 aliphatic rings. The number of aryl methyl sites for hydroxylation is 1. The van der Waals surface area contributed by atoms with Crippen molar-refractivity contribution in [3.05, 3.63) is 29.8 Å². The highest BCUT2D eigenvalue weighted by Crippen LogP contribution is 2.08. The number of guanidine groups is 1. The second kappa shape index (κ2) is 7.41. The van der Waals surface area contributed by atoms with Gasteiger partial charge in [0, 0.05) is 18.2 Å². The van der Waals surface area contributed by atoms with E-state index in [0.29, 0.717) is 18.9 Å². The number of nitrogens with one attached hydrogen (secondary N) is 2. The molecular weight excluding hydrogens is 240 g/mol. The van der Waals surface area contributed by atoms with E-state index in [1.165, 1.54) is 0 Å². The van der Waals surface area contributed by atoms with Crippen LogP contribution in [0.4, 0.5) is 5.69 Å². The Hall–Kier alpha value is -2.04. The van der Waals surface area contributed by atoms with E-state index in [2.05, 4.69) is 15.6 Å². The van der Waals surface area contributed by atoms with Crippen molar-refractivity contribution in [1.82, 2.24) is 5.32 Å². The third-order valence-electron chi connectivity index (χ3n) is 2.36. The predicted octanol–water partition coefficient (Wildman–Crippen LogP) is 1.64. The van der Waals surface area contributed by atoms with Gasteiger partial charge in [-0.15, -0.1) is 0 Å². The monoisotopic (exact) mass is 262 g/mol. The Morgan fingerprint density at radius 1 is 1.42 bits per heavy atom. The Bertz CT molecular complexity index is 455. The van der Waals surface area contributed by atoms with E-state index in [-0.39, 0.29) is 11.9 Å². The first-order valence-electron chi connectivity index (χ1n) is 6.40. The van der Waals surface area contributed by atoms with Gasteiger partial charge in [-0.05, 0) is 38.5 Å². The summed E-state index contributed by atoms with van der Waals surface area (Å²) in [5.41, 5.74) is 7.79. The van der Waals surface area contributed by atoms with Gasteiger partial charge in [-0.2, -0.15) is 0 Å². The zero-order valence-corrected chi connectivity index (χ0v) is 11.7. The van der Waals surface area contributed by atoms with Crippen molar-refractivity contribution >= 4 is 17.6 Å². The summed E-state index contributed by atoms with van der Waals surface area (Å²) in [6, 6.07) is 8.00. The average molecular weight is 262 g/mol. The van der Waals surface area contributed by atoms with Crippen molar-refractivity contribution in [1.29, 1.82) is 0 Å². The fourth-order valence-corrected chi connectivity index (χ4v) is 1.58. The molecule has 0 spiro atoms. The van der Waals surface area contributed by atoms with Crippen LogP contribution in [0.3, 0.4) is 0 Å². The zero-order valence-electron chi connectivity index (χ0n) is 11.7. The maximum atomic E-state index is 11.4. The van der Waals surface area contributed by atoms with E-state index >= 15 is 0 Å². The number of hydrogen-bond donors (Lipinski definition) is 3. The fraction of sp³-hybridized carbons (Fsp3) is 0.429. The Labute approximate surface area is 114 Å². The Balaban J connectivity index is 2.39. The highest BCUT2D eigenvalue weighted by Gasteiger charge is 2.02. The first-order valence-corrected chi connectivity index (χ1v) is 6.40. The van der Waals surface area contributed by atoms with Crippen LogP contribution in [-0.2, 0) is 4.79 Å². The van der Waals surface area contributed by atoms with Crippen molar-refractivity contribution < 1.29 is 4.79 Å². The van der Waals surface area contributed by atoms with E-state index < -0.39 is 0 Å². The minimum atomic E-state index is -0.0119. The van der Waals surface area contributed by atoms with Crippen LogP contribution in [0.1, 0.15) is 25.8 Å². The van der Waals surface area contributed by atoms with Crippen LogP contribution in [-0.4, -0.2) is 24.5 Å². The maximum absolute atomic E-state index is 11.4. The number of anilines is 1. The molecule has 0 unspecified atom stereocenters. The molecule has 0 fully saturated rings. The molecule has 0 aromatic heterocycles. The molecule has 19 heavy (non-hydrogen) atoms. The molecule has 1 aromatic rings. The standard InChI is InChI=1S/C14H22N4O/c1-10(2)17-13(19)7-8-16-14(15)18-12-6-4-5-11(3)9-12/h4-6,9-10H,7-8H2,1-3H3,(H,17,19)(H3,15,16,18). The maximum Gasteiger partial charge on any atom is 0.222 e. The molecule has 0 aliphatic heterocycles. The summed E-state index contributed by atoms with van der Waals surface area (Å²) in [6.07, 6.45) is 0.342. The topological polar surface area (TPSA) is 79.5 Å². The van der Waals surface area contributed by atoms with Crippen LogP contribution in [0.2, 0.25) is 0 Å². The van der Waals surface area contributed by atoms with Gasteiger partial charge < -0.3 is 16.4 Å². The van der Waals surface area contributed by atoms with Gasteiger partial charge >= 0.3 is 0 Å². The molecule has 0 bridgehead atoms. The van der Waals surface area contributed by atoms with Gasteiger partial charge in [0.2, 0.25) is 5.91 Å². The molecule has 1 amide bonds. The van der Waals surface area contributed by atoms with Crippen LogP contribution in [0, 0.1) is 6.92 Å². The van der Waals surface area contributed by atoms with Crippen molar-refractivity contribution in [2.45, 2.75) is 33.2 Å². The molecule has 5 nitrogen and oxygen atoms in total. The lowest BCUT2D eigenvalue weighted by atomic mass is 10.2. The molecule has 0 heterocycles. The molecular formula is C14H22N4O. The largest absolute Gasteiger partial charge is 0.370 e. The van der Waals surface area contributed by atoms with Crippen LogP contribution < -0.4 is 16.4 Å². The zero-order chi connectivity index (χ0) is 14.3. The van der Waals surface area contributed by atoms with E-state index in [9.17, 15) is 4.79 Å². The number of benzene rings is 1. The van der Waals surface area contributed by atoms with Gasteiger partial charge in [-0.3, -0.25) is 9.79 Å². The van der Waals surface area contributed by atoms with Crippen LogP contribution >= 0.6 is 0 Å². The van der Waals surface area contributed by atoms with Crippen molar-refractivity contribution in [3.63, 3.8) is 0 Å². The normalized spacial score (nSPS) is 11.5. The van der Waals surface area contributed by atoms with Gasteiger partial charge in [0.25, 0.3) is 0 Å². The number of nitrogens with two attached hydrogens (primary N) is 1. The van der Waals surface area contributed by atoms with Gasteiger partial charge in [0.1, 0.15) is 0 Å². The lowest BCUT2D eigenvalue weighted by molar-refractivity contribution is -0.121. The first-order chi connectivity index (χ1) is 8.97. The molecule has 0 saturated heterocycles. The summed E-state index contributed by atoms with van der Waals surface area (Å²) in [4.78, 5) is 15.5. The minimum absolute atomic E-state index is 0.0119. The van der Waals surface area contributed by atoms with Crippen molar-refractivity contribution in [2.75, 3.05) is 11.9 Å². The summed E-state index contributed by atoms with van der Waals surface area (Å²) in [6.45, 7) is 6.24. The van der Waals surface area contributed by atoms with Gasteiger partial charge in [-0.25, -0.2) is 0 Å². The summed E-state index contributed by atoms with van der Waals surface area (Å²) >= 11 is 0. The first kappa shape index (κ1) is 15.0. The number of aliphatic imine (C=N–C) groups is 1. The Morgan fingerprint density at radius 2 is 2.16 bits per heavy atom. The lowest BCUT2D eigenvalue weighted by Crippen LogP contribution is -2.30. The average Bonchev–Trinajstić information content (AvgIpc) is 2.27. The molecule has 0 aliphatic carbocycles. The highest BCUT2D eigenvalue weighted by atomic mass is 16.1. The van der Waals surface area contributed by atoms with E-state index in [0.717, 1.165) is 11.3 Å². The predicted molar refractivity (Wildman–Crippen MR) is 79.2 cm³/mol. The molecule has 5 heteroatoms. The molecule has 0 radical (unpaired) electrons. The highest BCUT2D eigenvalue weighted by molar-refractivity contribution is 5.92. The quantitative estimate of drug-likeness (QED) is 0.557. The number of carbonyl (C=O) groups is 1. The number of hydrogen-bond acceptors (Lipinski definition) is 2. The second-order valence-electron chi connectivity index (χ2n) is 4.73. The number of nitrogens with zero attached hydrogens (tertiary/aromatic N) is 1. The molecule has 104 valence electrons. The minimum Gasteiger partial charge on any atom is -0.370 e.